The number of anilines is 1. The van der Waals surface area contributed by atoms with E-state index in [1.807, 2.05) is 36.7 Å². The third-order valence-electron chi connectivity index (χ3n) is 3.40. The SMILES string of the molecule is Nc1ncnc2[nH]cc(-c3cnc4ccccc4c3)c12. The Morgan fingerprint density at radius 2 is 1.95 bits per heavy atom. The summed E-state index contributed by atoms with van der Waals surface area (Å²) in [5, 5.41) is 1.93. The Morgan fingerprint density at radius 3 is 2.90 bits per heavy atom. The van der Waals surface area contributed by atoms with Gasteiger partial charge in [0.15, 0.2) is 0 Å². The molecule has 5 heteroatoms. The fraction of sp³-hybridized carbons (Fsp3) is 0. The molecule has 1 aromatic carbocycles. The summed E-state index contributed by atoms with van der Waals surface area (Å²) >= 11 is 0. The molecule has 3 heterocycles. The number of aromatic nitrogens is 4. The first kappa shape index (κ1) is 10.9. The van der Waals surface area contributed by atoms with Crippen molar-refractivity contribution in [2.45, 2.75) is 0 Å². The molecular formula is C15H11N5. The van der Waals surface area contributed by atoms with Crippen LogP contribution in [-0.4, -0.2) is 19.9 Å². The average molecular weight is 261 g/mol. The maximum Gasteiger partial charge on any atom is 0.143 e. The molecule has 0 saturated heterocycles. The van der Waals surface area contributed by atoms with Gasteiger partial charge in [-0.1, -0.05) is 18.2 Å². The Kier molecular flexibility index (Phi) is 2.20. The summed E-state index contributed by atoms with van der Waals surface area (Å²) in [5.41, 5.74) is 9.63. The molecule has 0 fully saturated rings. The Balaban J connectivity index is 2.01. The van der Waals surface area contributed by atoms with Gasteiger partial charge in [0.2, 0.25) is 0 Å². The number of H-pyrrole nitrogens is 1. The fourth-order valence-electron chi connectivity index (χ4n) is 2.43. The van der Waals surface area contributed by atoms with Gasteiger partial charge in [0.1, 0.15) is 17.8 Å². The number of benzene rings is 1. The maximum absolute atomic E-state index is 5.96. The Labute approximate surface area is 114 Å². The summed E-state index contributed by atoms with van der Waals surface area (Å²) in [6.45, 7) is 0. The summed E-state index contributed by atoms with van der Waals surface area (Å²) < 4.78 is 0. The van der Waals surface area contributed by atoms with E-state index in [4.69, 9.17) is 5.73 Å². The molecule has 5 nitrogen and oxygen atoms in total. The van der Waals surface area contributed by atoms with Crippen LogP contribution in [0.25, 0.3) is 33.1 Å². The van der Waals surface area contributed by atoms with Crippen LogP contribution in [0.4, 0.5) is 5.82 Å². The van der Waals surface area contributed by atoms with Gasteiger partial charge >= 0.3 is 0 Å². The van der Waals surface area contributed by atoms with Crippen LogP contribution in [0.1, 0.15) is 0 Å². The minimum Gasteiger partial charge on any atom is -0.383 e. The van der Waals surface area contributed by atoms with Gasteiger partial charge in [0.05, 0.1) is 10.9 Å². The van der Waals surface area contributed by atoms with Gasteiger partial charge in [-0.2, -0.15) is 0 Å². The van der Waals surface area contributed by atoms with Gasteiger partial charge < -0.3 is 10.7 Å². The number of nitrogen functional groups attached to an aromatic ring is 1. The maximum atomic E-state index is 5.96. The molecule has 3 aromatic heterocycles. The van der Waals surface area contributed by atoms with Crippen LogP contribution in [0.15, 0.2) is 49.1 Å². The van der Waals surface area contributed by atoms with E-state index in [0.717, 1.165) is 33.1 Å². The second-order valence-corrected chi connectivity index (χ2v) is 4.60. The van der Waals surface area contributed by atoms with E-state index < -0.39 is 0 Å². The molecule has 0 spiro atoms. The molecule has 0 atom stereocenters. The molecule has 4 aromatic rings. The predicted molar refractivity (Wildman–Crippen MR) is 79.0 cm³/mol. The highest BCUT2D eigenvalue weighted by Crippen LogP contribution is 2.31. The molecule has 0 bridgehead atoms. The first-order valence-electron chi connectivity index (χ1n) is 6.25. The van der Waals surface area contributed by atoms with Gasteiger partial charge in [-0.3, -0.25) is 4.98 Å². The first-order valence-corrected chi connectivity index (χ1v) is 6.25. The van der Waals surface area contributed by atoms with Gasteiger partial charge in [-0.15, -0.1) is 0 Å². The third-order valence-corrected chi connectivity index (χ3v) is 3.40. The molecule has 20 heavy (non-hydrogen) atoms. The average Bonchev–Trinajstić information content (AvgIpc) is 2.92. The molecular weight excluding hydrogens is 250 g/mol. The van der Waals surface area contributed by atoms with Crippen molar-refractivity contribution in [1.29, 1.82) is 0 Å². The molecule has 3 N–H and O–H groups in total. The smallest absolute Gasteiger partial charge is 0.143 e. The van der Waals surface area contributed by atoms with E-state index in [1.165, 1.54) is 6.33 Å². The summed E-state index contributed by atoms with van der Waals surface area (Å²) in [7, 11) is 0. The van der Waals surface area contributed by atoms with Crippen LogP contribution in [0.3, 0.4) is 0 Å². The number of pyridine rings is 1. The number of nitrogens with two attached hydrogens (primary N) is 1. The van der Waals surface area contributed by atoms with Crippen LogP contribution in [0.5, 0.6) is 0 Å². The Bertz CT molecular complexity index is 926. The van der Waals surface area contributed by atoms with Gasteiger partial charge in [0, 0.05) is 28.9 Å². The van der Waals surface area contributed by atoms with Gasteiger partial charge in [-0.05, 0) is 12.1 Å². The molecule has 0 aliphatic heterocycles. The zero-order chi connectivity index (χ0) is 13.5. The number of fused-ring (bicyclic) bond motifs is 2. The molecule has 0 unspecified atom stereocenters. The lowest BCUT2D eigenvalue weighted by Gasteiger charge is -2.03. The van der Waals surface area contributed by atoms with Crippen LogP contribution in [0.2, 0.25) is 0 Å². The summed E-state index contributed by atoms with van der Waals surface area (Å²) in [6, 6.07) is 10.1. The number of nitrogens with zero attached hydrogens (tertiary/aromatic N) is 3. The number of para-hydroxylation sites is 1. The van der Waals surface area contributed by atoms with Crippen molar-refractivity contribution in [2.75, 3.05) is 5.73 Å². The molecule has 0 saturated carbocycles. The van der Waals surface area contributed by atoms with Crippen molar-refractivity contribution < 1.29 is 0 Å². The van der Waals surface area contributed by atoms with Crippen molar-refractivity contribution in [3.63, 3.8) is 0 Å². The lowest BCUT2D eigenvalue weighted by molar-refractivity contribution is 1.21. The molecule has 0 aliphatic rings. The number of hydrogen-bond acceptors (Lipinski definition) is 4. The van der Waals surface area contributed by atoms with E-state index in [-0.39, 0.29) is 0 Å². The normalized spacial score (nSPS) is 11.2. The first-order chi connectivity index (χ1) is 9.83. The number of rotatable bonds is 1. The minimum absolute atomic E-state index is 0.472. The van der Waals surface area contributed by atoms with Gasteiger partial charge in [0.25, 0.3) is 0 Å². The van der Waals surface area contributed by atoms with Crippen LogP contribution in [0, 0.1) is 0 Å². The third kappa shape index (κ3) is 1.53. The largest absolute Gasteiger partial charge is 0.383 e. The summed E-state index contributed by atoms with van der Waals surface area (Å²) in [6.07, 6.45) is 5.19. The zero-order valence-electron chi connectivity index (χ0n) is 10.5. The second-order valence-electron chi connectivity index (χ2n) is 4.60. The standard InChI is InChI=1S/C15H11N5/c16-14-13-11(7-18-15(13)20-8-19-14)10-5-9-3-1-2-4-12(9)17-6-10/h1-8H,(H3,16,18,19,20). The van der Waals surface area contributed by atoms with Crippen LogP contribution < -0.4 is 5.73 Å². The topological polar surface area (TPSA) is 80.5 Å². The van der Waals surface area contributed by atoms with E-state index in [2.05, 4.69) is 26.0 Å². The zero-order valence-corrected chi connectivity index (χ0v) is 10.5. The van der Waals surface area contributed by atoms with Gasteiger partial charge in [-0.25, -0.2) is 9.97 Å². The van der Waals surface area contributed by atoms with Crippen molar-refractivity contribution in [3.05, 3.63) is 49.1 Å². The molecule has 0 radical (unpaired) electrons. The van der Waals surface area contributed by atoms with Crippen molar-refractivity contribution in [1.82, 2.24) is 19.9 Å². The fourth-order valence-corrected chi connectivity index (χ4v) is 2.43. The van der Waals surface area contributed by atoms with Crippen molar-refractivity contribution >= 4 is 27.8 Å². The van der Waals surface area contributed by atoms with E-state index in [0.29, 0.717) is 5.82 Å². The highest BCUT2D eigenvalue weighted by atomic mass is 15.0. The van der Waals surface area contributed by atoms with Crippen molar-refractivity contribution in [2.24, 2.45) is 0 Å². The predicted octanol–water partition coefficient (Wildman–Crippen LogP) is 2.76. The molecule has 4 rings (SSSR count). The Morgan fingerprint density at radius 1 is 1.05 bits per heavy atom. The molecule has 0 amide bonds. The van der Waals surface area contributed by atoms with Crippen molar-refractivity contribution in [3.8, 4) is 11.1 Å². The monoisotopic (exact) mass is 261 g/mol. The minimum atomic E-state index is 0.472. The van der Waals surface area contributed by atoms with E-state index >= 15 is 0 Å². The molecule has 0 aliphatic carbocycles. The number of aromatic amines is 1. The van der Waals surface area contributed by atoms with E-state index in [1.54, 1.807) is 0 Å². The number of nitrogens with one attached hydrogen (secondary N) is 1. The quantitative estimate of drug-likeness (QED) is 0.552. The Hall–Kier alpha value is -2.95. The number of hydrogen-bond donors (Lipinski definition) is 2. The highest BCUT2D eigenvalue weighted by molar-refractivity contribution is 6.01. The highest BCUT2D eigenvalue weighted by Gasteiger charge is 2.11. The summed E-state index contributed by atoms with van der Waals surface area (Å²) in [5.74, 6) is 0.472. The van der Waals surface area contributed by atoms with Crippen LogP contribution in [-0.2, 0) is 0 Å². The second kappa shape index (κ2) is 4.03. The van der Waals surface area contributed by atoms with E-state index in [9.17, 15) is 0 Å². The van der Waals surface area contributed by atoms with Crippen LogP contribution >= 0.6 is 0 Å². The summed E-state index contributed by atoms with van der Waals surface area (Å²) in [4.78, 5) is 15.8. The lowest BCUT2D eigenvalue weighted by Crippen LogP contribution is -1.92. The lowest BCUT2D eigenvalue weighted by atomic mass is 10.1. The molecule has 96 valence electrons.